The largest absolute Gasteiger partial charge is 0.476 e. The lowest BCUT2D eigenvalue weighted by atomic mass is 10.3. The first kappa shape index (κ1) is 15.4. The van der Waals surface area contributed by atoms with Gasteiger partial charge in [0.1, 0.15) is 6.04 Å². The standard InChI is InChI=1S/C11H17N3O4S/c1-6(9(15)12-4-5-18-3)13-11-14-8(10(16)17)7(2)19-11/h6H,4-5H2,1-3H3,(H,12,15)(H,13,14)(H,16,17). The third kappa shape index (κ3) is 4.49. The Morgan fingerprint density at radius 2 is 2.21 bits per heavy atom. The smallest absolute Gasteiger partial charge is 0.355 e. The van der Waals surface area contributed by atoms with Crippen molar-refractivity contribution >= 4 is 28.3 Å². The van der Waals surface area contributed by atoms with Gasteiger partial charge in [0.25, 0.3) is 0 Å². The maximum atomic E-state index is 11.7. The molecule has 0 aliphatic heterocycles. The molecular weight excluding hydrogens is 270 g/mol. The average Bonchev–Trinajstić information content (AvgIpc) is 2.70. The molecule has 0 saturated heterocycles. The summed E-state index contributed by atoms with van der Waals surface area (Å²) >= 11 is 1.21. The predicted molar refractivity (Wildman–Crippen MR) is 71.8 cm³/mol. The number of anilines is 1. The predicted octanol–water partition coefficient (Wildman–Crippen LogP) is 0.713. The number of aromatic carboxylic acids is 1. The highest BCUT2D eigenvalue weighted by molar-refractivity contribution is 7.15. The lowest BCUT2D eigenvalue weighted by Crippen LogP contribution is -2.39. The van der Waals surface area contributed by atoms with E-state index in [-0.39, 0.29) is 11.6 Å². The molecule has 0 aliphatic rings. The van der Waals surface area contributed by atoms with E-state index in [0.29, 0.717) is 23.2 Å². The molecule has 1 atom stereocenters. The van der Waals surface area contributed by atoms with Gasteiger partial charge >= 0.3 is 5.97 Å². The molecule has 0 saturated carbocycles. The monoisotopic (exact) mass is 287 g/mol. The molecule has 1 aromatic rings. The van der Waals surface area contributed by atoms with Crippen molar-refractivity contribution in [2.24, 2.45) is 0 Å². The van der Waals surface area contributed by atoms with E-state index in [1.807, 2.05) is 0 Å². The molecule has 0 aliphatic carbocycles. The fourth-order valence-electron chi connectivity index (χ4n) is 1.34. The molecule has 7 nitrogen and oxygen atoms in total. The van der Waals surface area contributed by atoms with E-state index in [9.17, 15) is 9.59 Å². The molecule has 8 heteroatoms. The lowest BCUT2D eigenvalue weighted by Gasteiger charge is -2.12. The van der Waals surface area contributed by atoms with Crippen LogP contribution in [-0.2, 0) is 9.53 Å². The van der Waals surface area contributed by atoms with Gasteiger partial charge in [-0.2, -0.15) is 0 Å². The summed E-state index contributed by atoms with van der Waals surface area (Å²) in [5.74, 6) is -1.26. The Hall–Kier alpha value is -1.67. The Morgan fingerprint density at radius 1 is 1.53 bits per heavy atom. The lowest BCUT2D eigenvalue weighted by molar-refractivity contribution is -0.121. The van der Waals surface area contributed by atoms with Crippen molar-refractivity contribution < 1.29 is 19.4 Å². The van der Waals surface area contributed by atoms with Crippen LogP contribution in [0.25, 0.3) is 0 Å². The Bertz CT molecular complexity index is 461. The highest BCUT2D eigenvalue weighted by Crippen LogP contribution is 2.22. The summed E-state index contributed by atoms with van der Waals surface area (Å²) in [7, 11) is 1.56. The first-order valence-corrected chi connectivity index (χ1v) is 6.51. The molecule has 19 heavy (non-hydrogen) atoms. The van der Waals surface area contributed by atoms with Gasteiger partial charge in [-0.15, -0.1) is 11.3 Å². The van der Waals surface area contributed by atoms with E-state index in [0.717, 1.165) is 0 Å². The second kappa shape index (κ2) is 7.05. The number of nitrogens with one attached hydrogen (secondary N) is 2. The number of aryl methyl sites for hydroxylation is 1. The minimum Gasteiger partial charge on any atom is -0.476 e. The van der Waals surface area contributed by atoms with E-state index >= 15 is 0 Å². The number of carbonyl (C=O) groups excluding carboxylic acids is 1. The molecule has 0 spiro atoms. The second-order valence-corrected chi connectivity index (χ2v) is 5.08. The number of hydrogen-bond donors (Lipinski definition) is 3. The number of hydrogen-bond acceptors (Lipinski definition) is 6. The van der Waals surface area contributed by atoms with Crippen molar-refractivity contribution in [3.05, 3.63) is 10.6 Å². The Balaban J connectivity index is 2.56. The van der Waals surface area contributed by atoms with E-state index in [2.05, 4.69) is 15.6 Å². The first-order chi connectivity index (χ1) is 8.95. The van der Waals surface area contributed by atoms with Crippen LogP contribution in [0.2, 0.25) is 0 Å². The van der Waals surface area contributed by atoms with Crippen LogP contribution < -0.4 is 10.6 Å². The topological polar surface area (TPSA) is 101 Å². The first-order valence-electron chi connectivity index (χ1n) is 5.69. The maximum Gasteiger partial charge on any atom is 0.355 e. The van der Waals surface area contributed by atoms with Crippen LogP contribution in [0, 0.1) is 6.92 Å². The number of methoxy groups -OCH3 is 1. The number of nitrogens with zero attached hydrogens (tertiary/aromatic N) is 1. The number of ether oxygens (including phenoxy) is 1. The van der Waals surface area contributed by atoms with Crippen molar-refractivity contribution in [1.82, 2.24) is 10.3 Å². The van der Waals surface area contributed by atoms with Gasteiger partial charge in [-0.05, 0) is 13.8 Å². The molecular formula is C11H17N3O4S. The van der Waals surface area contributed by atoms with E-state index in [4.69, 9.17) is 9.84 Å². The van der Waals surface area contributed by atoms with Gasteiger partial charge in [0, 0.05) is 18.5 Å². The number of rotatable bonds is 7. The van der Waals surface area contributed by atoms with Gasteiger partial charge in [0.15, 0.2) is 10.8 Å². The van der Waals surface area contributed by atoms with Crippen LogP contribution in [0.5, 0.6) is 0 Å². The summed E-state index contributed by atoms with van der Waals surface area (Å²) in [4.78, 5) is 27.1. The molecule has 0 radical (unpaired) electrons. The third-order valence-corrected chi connectivity index (χ3v) is 3.24. The van der Waals surface area contributed by atoms with Gasteiger partial charge in [0.2, 0.25) is 5.91 Å². The molecule has 106 valence electrons. The van der Waals surface area contributed by atoms with Crippen LogP contribution in [-0.4, -0.2) is 48.3 Å². The summed E-state index contributed by atoms with van der Waals surface area (Å²) in [6.07, 6.45) is 0. The van der Waals surface area contributed by atoms with Crippen LogP contribution in [0.1, 0.15) is 22.3 Å². The van der Waals surface area contributed by atoms with Crippen molar-refractivity contribution in [1.29, 1.82) is 0 Å². The molecule has 1 unspecified atom stereocenters. The van der Waals surface area contributed by atoms with Gasteiger partial charge in [0.05, 0.1) is 6.61 Å². The number of aromatic nitrogens is 1. The van der Waals surface area contributed by atoms with Gasteiger partial charge in [-0.1, -0.05) is 0 Å². The van der Waals surface area contributed by atoms with Crippen LogP contribution in [0.3, 0.4) is 0 Å². The van der Waals surface area contributed by atoms with Crippen LogP contribution in [0.4, 0.5) is 5.13 Å². The minimum absolute atomic E-state index is 0.0134. The SMILES string of the molecule is COCCNC(=O)C(C)Nc1nc(C(=O)O)c(C)s1. The van der Waals surface area contributed by atoms with E-state index in [1.165, 1.54) is 11.3 Å². The van der Waals surface area contributed by atoms with Crippen LogP contribution >= 0.6 is 11.3 Å². The number of carboxylic acid groups (broad SMARTS) is 1. The van der Waals surface area contributed by atoms with E-state index in [1.54, 1.807) is 21.0 Å². The summed E-state index contributed by atoms with van der Waals surface area (Å²) < 4.78 is 4.82. The Kier molecular flexibility index (Phi) is 5.71. The number of carboxylic acids is 1. The fourth-order valence-corrected chi connectivity index (χ4v) is 2.23. The third-order valence-electron chi connectivity index (χ3n) is 2.34. The molecule has 0 bridgehead atoms. The minimum atomic E-state index is -1.07. The van der Waals surface area contributed by atoms with Crippen molar-refractivity contribution in [2.45, 2.75) is 19.9 Å². The normalized spacial score (nSPS) is 11.9. The summed E-state index contributed by atoms with van der Waals surface area (Å²) in [6, 6.07) is -0.496. The highest BCUT2D eigenvalue weighted by atomic mass is 32.1. The van der Waals surface area contributed by atoms with Gasteiger partial charge < -0.3 is 20.5 Å². The van der Waals surface area contributed by atoms with Crippen molar-refractivity contribution in [3.63, 3.8) is 0 Å². The second-order valence-electron chi connectivity index (χ2n) is 3.88. The molecule has 3 N–H and O–H groups in total. The summed E-state index contributed by atoms with van der Waals surface area (Å²) in [6.45, 7) is 4.23. The summed E-state index contributed by atoms with van der Waals surface area (Å²) in [5.41, 5.74) is 0.0134. The zero-order valence-corrected chi connectivity index (χ0v) is 11.8. The van der Waals surface area contributed by atoms with Crippen molar-refractivity contribution in [2.75, 3.05) is 25.6 Å². The fraction of sp³-hybridized carbons (Fsp3) is 0.545. The number of carbonyl (C=O) groups is 2. The van der Waals surface area contributed by atoms with Crippen LogP contribution in [0.15, 0.2) is 0 Å². The Labute approximate surface area is 115 Å². The molecule has 1 heterocycles. The quantitative estimate of drug-likeness (QED) is 0.639. The van der Waals surface area contributed by atoms with E-state index < -0.39 is 12.0 Å². The maximum absolute atomic E-state index is 11.7. The van der Waals surface area contributed by atoms with Crippen molar-refractivity contribution in [3.8, 4) is 0 Å². The molecule has 0 aromatic carbocycles. The number of amides is 1. The zero-order valence-electron chi connectivity index (χ0n) is 11.0. The summed E-state index contributed by atoms with van der Waals surface area (Å²) in [5, 5.41) is 14.9. The van der Waals surface area contributed by atoms with Gasteiger partial charge in [-0.25, -0.2) is 9.78 Å². The van der Waals surface area contributed by atoms with Gasteiger partial charge in [-0.3, -0.25) is 4.79 Å². The molecule has 0 fully saturated rings. The highest BCUT2D eigenvalue weighted by Gasteiger charge is 2.17. The number of thiazole rings is 1. The molecule has 1 rings (SSSR count). The zero-order chi connectivity index (χ0) is 14.4. The molecule has 1 aromatic heterocycles. The average molecular weight is 287 g/mol. The Morgan fingerprint density at radius 3 is 2.74 bits per heavy atom. The molecule has 1 amide bonds.